The van der Waals surface area contributed by atoms with Gasteiger partial charge in [-0.05, 0) is 12.1 Å². The van der Waals surface area contributed by atoms with Crippen LogP contribution in [0.4, 0.5) is 5.69 Å². The zero-order chi connectivity index (χ0) is 16.2. The van der Waals surface area contributed by atoms with Crippen LogP contribution in [0.1, 0.15) is 37.0 Å². The topological polar surface area (TPSA) is 91.6 Å². The molecule has 0 aliphatic carbocycles. The molecule has 0 spiro atoms. The van der Waals surface area contributed by atoms with E-state index in [2.05, 4.69) is 15.4 Å². The molecule has 0 fully saturated rings. The second-order valence-electron chi connectivity index (χ2n) is 5.77. The zero-order valence-electron chi connectivity index (χ0n) is 12.6. The molecule has 1 unspecified atom stereocenters. The molecule has 0 radical (unpaired) electrons. The van der Waals surface area contributed by atoms with E-state index in [9.17, 15) is 4.79 Å². The van der Waals surface area contributed by atoms with Crippen molar-refractivity contribution in [2.75, 3.05) is 0 Å². The number of aromatic nitrogens is 1. The first kappa shape index (κ1) is 15.6. The number of hydrogen-bond acceptors (Lipinski definition) is 6. The Bertz CT molecular complexity index is 721. The second-order valence-corrected chi connectivity index (χ2v) is 5.77. The molecule has 1 atom stereocenters. The SMILES string of the molecule is CC(C)(C)c1cc(C(=O)C(C#N)N=Nc2ccccc2)no1. The summed E-state index contributed by atoms with van der Waals surface area (Å²) in [7, 11) is 0. The summed E-state index contributed by atoms with van der Waals surface area (Å²) in [5.41, 5.74) is 0.397. The Kier molecular flexibility index (Phi) is 4.47. The summed E-state index contributed by atoms with van der Waals surface area (Å²) in [5.74, 6) is 0.0500. The summed E-state index contributed by atoms with van der Waals surface area (Å²) in [6.45, 7) is 5.83. The lowest BCUT2D eigenvalue weighted by Crippen LogP contribution is -2.16. The van der Waals surface area contributed by atoms with Crippen molar-refractivity contribution >= 4 is 11.5 Å². The maximum absolute atomic E-state index is 12.2. The summed E-state index contributed by atoms with van der Waals surface area (Å²) in [5, 5.41) is 20.5. The van der Waals surface area contributed by atoms with Crippen molar-refractivity contribution in [2.45, 2.75) is 32.2 Å². The van der Waals surface area contributed by atoms with Crippen LogP contribution in [0, 0.1) is 11.3 Å². The van der Waals surface area contributed by atoms with Crippen molar-refractivity contribution in [3.05, 3.63) is 47.9 Å². The highest BCUT2D eigenvalue weighted by Gasteiger charge is 2.26. The lowest BCUT2D eigenvalue weighted by atomic mass is 9.93. The molecule has 2 aromatic rings. The van der Waals surface area contributed by atoms with Gasteiger partial charge < -0.3 is 4.52 Å². The minimum absolute atomic E-state index is 0.0866. The first-order valence-corrected chi connectivity index (χ1v) is 6.79. The standard InChI is InChI=1S/C16H16N4O2/c1-16(2,3)14-9-12(20-22-14)15(21)13(10-17)19-18-11-7-5-4-6-8-11/h4-9,13H,1-3H3. The van der Waals surface area contributed by atoms with Crippen LogP contribution in [0.5, 0.6) is 0 Å². The number of carbonyl (C=O) groups excluding carboxylic acids is 1. The molecule has 2 rings (SSSR count). The molecule has 1 aromatic heterocycles. The largest absolute Gasteiger partial charge is 0.360 e. The van der Waals surface area contributed by atoms with Crippen LogP contribution in [0.3, 0.4) is 0 Å². The fraction of sp³-hybridized carbons (Fsp3) is 0.312. The quantitative estimate of drug-likeness (QED) is 0.633. The number of Topliss-reactive ketones (excluding diaryl/α,β-unsaturated/α-hetero) is 1. The van der Waals surface area contributed by atoms with Gasteiger partial charge in [-0.1, -0.05) is 44.1 Å². The summed E-state index contributed by atoms with van der Waals surface area (Å²) >= 11 is 0. The van der Waals surface area contributed by atoms with Crippen LogP contribution in [-0.2, 0) is 5.41 Å². The van der Waals surface area contributed by atoms with Gasteiger partial charge in [0.05, 0.1) is 5.69 Å². The van der Waals surface area contributed by atoms with Crippen molar-refractivity contribution in [1.82, 2.24) is 5.16 Å². The molecule has 0 bridgehead atoms. The van der Waals surface area contributed by atoms with E-state index >= 15 is 0 Å². The van der Waals surface area contributed by atoms with Crippen molar-refractivity contribution in [1.29, 1.82) is 5.26 Å². The van der Waals surface area contributed by atoms with Crippen LogP contribution in [0.2, 0.25) is 0 Å². The fourth-order valence-electron chi connectivity index (χ4n) is 1.64. The molecule has 1 heterocycles. The van der Waals surface area contributed by atoms with Crippen LogP contribution >= 0.6 is 0 Å². The van der Waals surface area contributed by atoms with E-state index in [-0.39, 0.29) is 11.1 Å². The minimum Gasteiger partial charge on any atom is -0.360 e. The van der Waals surface area contributed by atoms with Crippen LogP contribution in [-0.4, -0.2) is 17.0 Å². The number of carbonyl (C=O) groups is 1. The third-order valence-electron chi connectivity index (χ3n) is 2.92. The van der Waals surface area contributed by atoms with E-state index in [1.165, 1.54) is 0 Å². The Labute approximate surface area is 128 Å². The summed E-state index contributed by atoms with van der Waals surface area (Å²) in [6, 6.07) is 11.0. The second kappa shape index (κ2) is 6.31. The molecule has 0 N–H and O–H groups in total. The van der Waals surface area contributed by atoms with Crippen molar-refractivity contribution in [3.8, 4) is 6.07 Å². The van der Waals surface area contributed by atoms with Gasteiger partial charge in [0, 0.05) is 11.5 Å². The summed E-state index contributed by atoms with van der Waals surface area (Å²) in [6.07, 6.45) is 0. The predicted octanol–water partition coefficient (Wildman–Crippen LogP) is 3.83. The molecule has 0 amide bonds. The zero-order valence-corrected chi connectivity index (χ0v) is 12.6. The highest BCUT2D eigenvalue weighted by molar-refractivity contribution is 6.00. The first-order valence-electron chi connectivity index (χ1n) is 6.79. The Morgan fingerprint density at radius 2 is 2.00 bits per heavy atom. The van der Waals surface area contributed by atoms with E-state index in [0.717, 1.165) is 0 Å². The Morgan fingerprint density at radius 3 is 2.55 bits per heavy atom. The third-order valence-corrected chi connectivity index (χ3v) is 2.92. The minimum atomic E-state index is -1.24. The number of azo groups is 1. The first-order chi connectivity index (χ1) is 10.4. The van der Waals surface area contributed by atoms with E-state index in [1.807, 2.05) is 32.9 Å². The molecule has 0 saturated carbocycles. The maximum atomic E-state index is 12.2. The molecule has 22 heavy (non-hydrogen) atoms. The highest BCUT2D eigenvalue weighted by Crippen LogP contribution is 2.23. The summed E-state index contributed by atoms with van der Waals surface area (Å²) in [4.78, 5) is 12.2. The van der Waals surface area contributed by atoms with Gasteiger partial charge in [-0.3, -0.25) is 4.79 Å². The molecule has 1 aromatic carbocycles. The Balaban J connectivity index is 2.18. The number of benzene rings is 1. The van der Waals surface area contributed by atoms with Gasteiger partial charge in [0.25, 0.3) is 0 Å². The van der Waals surface area contributed by atoms with E-state index < -0.39 is 11.8 Å². The molecule has 6 nitrogen and oxygen atoms in total. The van der Waals surface area contributed by atoms with Crippen molar-refractivity contribution < 1.29 is 9.32 Å². The number of ketones is 1. The van der Waals surface area contributed by atoms with Crippen LogP contribution < -0.4 is 0 Å². The van der Waals surface area contributed by atoms with Gasteiger partial charge in [0.1, 0.15) is 11.8 Å². The highest BCUT2D eigenvalue weighted by atomic mass is 16.5. The van der Waals surface area contributed by atoms with Crippen molar-refractivity contribution in [2.24, 2.45) is 10.2 Å². The average molecular weight is 296 g/mol. The molecular weight excluding hydrogens is 280 g/mol. The number of nitrogens with zero attached hydrogens (tertiary/aromatic N) is 4. The lowest BCUT2D eigenvalue weighted by molar-refractivity contribution is 0.0970. The van der Waals surface area contributed by atoms with Crippen molar-refractivity contribution in [3.63, 3.8) is 0 Å². The molecule has 0 saturated heterocycles. The van der Waals surface area contributed by atoms with Gasteiger partial charge in [0.2, 0.25) is 11.8 Å². The van der Waals surface area contributed by atoms with E-state index in [0.29, 0.717) is 11.4 Å². The number of rotatable bonds is 4. The van der Waals surface area contributed by atoms with Gasteiger partial charge in [-0.25, -0.2) is 0 Å². The van der Waals surface area contributed by atoms with Crippen LogP contribution in [0.15, 0.2) is 51.1 Å². The molecular formula is C16H16N4O2. The normalized spacial score (nSPS) is 13.0. The monoisotopic (exact) mass is 296 g/mol. The van der Waals surface area contributed by atoms with Gasteiger partial charge in [-0.15, -0.1) is 0 Å². The average Bonchev–Trinajstić information content (AvgIpc) is 2.98. The van der Waals surface area contributed by atoms with Gasteiger partial charge in [-0.2, -0.15) is 15.5 Å². The van der Waals surface area contributed by atoms with Gasteiger partial charge >= 0.3 is 0 Å². The Hall–Kier alpha value is -2.81. The van der Waals surface area contributed by atoms with Crippen LogP contribution in [0.25, 0.3) is 0 Å². The maximum Gasteiger partial charge on any atom is 0.225 e. The number of hydrogen-bond donors (Lipinski definition) is 0. The fourth-order valence-corrected chi connectivity index (χ4v) is 1.64. The summed E-state index contributed by atoms with van der Waals surface area (Å²) < 4.78 is 5.16. The molecule has 0 aliphatic heterocycles. The molecule has 0 aliphatic rings. The lowest BCUT2D eigenvalue weighted by Gasteiger charge is -2.12. The predicted molar refractivity (Wildman–Crippen MR) is 79.9 cm³/mol. The van der Waals surface area contributed by atoms with E-state index in [4.69, 9.17) is 9.78 Å². The third kappa shape index (κ3) is 3.64. The Morgan fingerprint density at radius 1 is 1.32 bits per heavy atom. The van der Waals surface area contributed by atoms with Gasteiger partial charge in [0.15, 0.2) is 5.69 Å². The number of nitriles is 1. The molecule has 6 heteroatoms. The molecule has 112 valence electrons. The smallest absolute Gasteiger partial charge is 0.225 e. The van der Waals surface area contributed by atoms with E-state index in [1.54, 1.807) is 30.3 Å².